The molecule has 0 bridgehead atoms. The van der Waals surface area contributed by atoms with Gasteiger partial charge in [-0.2, -0.15) is 4.57 Å². The number of pyridine rings is 1. The minimum atomic E-state index is -1.57. The van der Waals surface area contributed by atoms with Crippen molar-refractivity contribution in [2.75, 3.05) is 0 Å². The molecule has 0 aliphatic carbocycles. The van der Waals surface area contributed by atoms with Gasteiger partial charge in [0.15, 0.2) is 17.5 Å². The van der Waals surface area contributed by atoms with E-state index < -0.39 is 23.4 Å². The first-order valence-electron chi connectivity index (χ1n) is 8.10. The zero-order valence-electron chi connectivity index (χ0n) is 14.1. The topological polar surface area (TPSA) is 44.0 Å². The Bertz CT molecular complexity index is 1250. The lowest BCUT2D eigenvalue weighted by molar-refractivity contribution is -0.617. The predicted octanol–water partition coefficient (Wildman–Crippen LogP) is 3.27. The molecule has 0 N–H and O–H groups in total. The zero-order valence-corrected chi connectivity index (χ0v) is 14.1. The number of aryl methyl sites for hydroxylation is 1. The SMILES string of the molecule is C[n+]1c2ccccc2c(C(=O)[O-])c2cc(-c3ccc(F)c(F)c3F)ccc21. The molecule has 1 heterocycles. The van der Waals surface area contributed by atoms with Crippen molar-refractivity contribution in [1.82, 2.24) is 0 Å². The molecule has 3 nitrogen and oxygen atoms in total. The van der Waals surface area contributed by atoms with E-state index in [9.17, 15) is 23.1 Å². The van der Waals surface area contributed by atoms with Gasteiger partial charge in [0, 0.05) is 23.3 Å². The second-order valence-corrected chi connectivity index (χ2v) is 6.19. The maximum absolute atomic E-state index is 14.2. The number of carbonyl (C=O) groups is 1. The van der Waals surface area contributed by atoms with Gasteiger partial charge in [-0.15, -0.1) is 0 Å². The van der Waals surface area contributed by atoms with Crippen LogP contribution in [0, 0.1) is 17.5 Å². The Morgan fingerprint density at radius 1 is 0.889 bits per heavy atom. The third-order valence-corrected chi connectivity index (χ3v) is 4.71. The summed E-state index contributed by atoms with van der Waals surface area (Å²) in [5.41, 5.74) is 1.31. The number of para-hydroxylation sites is 1. The van der Waals surface area contributed by atoms with Crippen LogP contribution in [0.5, 0.6) is 0 Å². The van der Waals surface area contributed by atoms with Crippen LogP contribution in [0.4, 0.5) is 13.2 Å². The Balaban J connectivity index is 2.11. The monoisotopic (exact) mass is 367 g/mol. The van der Waals surface area contributed by atoms with Gasteiger partial charge in [-0.05, 0) is 35.9 Å². The molecule has 0 amide bonds. The summed E-state index contributed by atoms with van der Waals surface area (Å²) >= 11 is 0. The molecule has 0 unspecified atom stereocenters. The number of halogens is 3. The van der Waals surface area contributed by atoms with E-state index >= 15 is 0 Å². The second kappa shape index (κ2) is 6.09. The molecule has 4 aromatic rings. The first kappa shape index (κ1) is 17.0. The van der Waals surface area contributed by atoms with Crippen LogP contribution < -0.4 is 9.67 Å². The first-order valence-corrected chi connectivity index (χ1v) is 8.10. The van der Waals surface area contributed by atoms with Crippen LogP contribution in [0.2, 0.25) is 0 Å². The summed E-state index contributed by atoms with van der Waals surface area (Å²) < 4.78 is 42.8. The van der Waals surface area contributed by atoms with Crippen LogP contribution in [0.3, 0.4) is 0 Å². The van der Waals surface area contributed by atoms with Crippen molar-refractivity contribution in [2.45, 2.75) is 0 Å². The smallest absolute Gasteiger partial charge is 0.213 e. The normalized spacial score (nSPS) is 11.3. The fourth-order valence-corrected chi connectivity index (χ4v) is 3.42. The van der Waals surface area contributed by atoms with E-state index in [-0.39, 0.29) is 16.7 Å². The molecule has 0 radical (unpaired) electrons. The van der Waals surface area contributed by atoms with Crippen LogP contribution >= 0.6 is 0 Å². The number of hydrogen-bond donors (Lipinski definition) is 0. The van der Waals surface area contributed by atoms with Crippen LogP contribution in [-0.2, 0) is 7.05 Å². The Morgan fingerprint density at radius 3 is 2.33 bits per heavy atom. The summed E-state index contributed by atoms with van der Waals surface area (Å²) in [6.45, 7) is 0. The van der Waals surface area contributed by atoms with Crippen LogP contribution in [0.15, 0.2) is 54.6 Å². The quantitative estimate of drug-likeness (QED) is 0.310. The molecule has 0 atom stereocenters. The molecule has 1 aromatic heterocycles. The summed E-state index contributed by atoms with van der Waals surface area (Å²) in [4.78, 5) is 11.8. The number of carboxylic acid groups (broad SMARTS) is 1. The number of aromatic carboxylic acids is 1. The molecule has 0 saturated heterocycles. The van der Waals surface area contributed by atoms with Gasteiger partial charge in [-0.1, -0.05) is 12.1 Å². The van der Waals surface area contributed by atoms with Gasteiger partial charge in [0.2, 0.25) is 11.0 Å². The number of carbonyl (C=O) groups excluding carboxylic acids is 1. The highest BCUT2D eigenvalue weighted by Gasteiger charge is 2.20. The van der Waals surface area contributed by atoms with Crippen LogP contribution in [-0.4, -0.2) is 5.97 Å². The molecule has 0 saturated carbocycles. The molecule has 0 spiro atoms. The van der Waals surface area contributed by atoms with Gasteiger partial charge >= 0.3 is 0 Å². The van der Waals surface area contributed by atoms with E-state index in [1.807, 2.05) is 4.57 Å². The molecular formula is C21H12F3NO2. The predicted molar refractivity (Wildman–Crippen MR) is 92.3 cm³/mol. The van der Waals surface area contributed by atoms with Crippen molar-refractivity contribution in [1.29, 1.82) is 0 Å². The van der Waals surface area contributed by atoms with Crippen molar-refractivity contribution in [3.05, 3.63) is 77.6 Å². The molecule has 0 fully saturated rings. The van der Waals surface area contributed by atoms with Crippen molar-refractivity contribution in [2.24, 2.45) is 7.05 Å². The van der Waals surface area contributed by atoms with E-state index in [1.54, 1.807) is 37.4 Å². The number of aromatic nitrogens is 1. The Kier molecular flexibility index (Phi) is 3.84. The molecule has 4 rings (SSSR count). The molecule has 0 aliphatic heterocycles. The van der Waals surface area contributed by atoms with Crippen molar-refractivity contribution in [3.8, 4) is 11.1 Å². The number of benzene rings is 3. The molecule has 134 valence electrons. The van der Waals surface area contributed by atoms with Crippen molar-refractivity contribution < 1.29 is 27.6 Å². The third kappa shape index (κ3) is 2.52. The van der Waals surface area contributed by atoms with E-state index in [1.165, 1.54) is 12.1 Å². The van der Waals surface area contributed by atoms with Gasteiger partial charge in [-0.25, -0.2) is 13.2 Å². The lowest BCUT2D eigenvalue weighted by atomic mass is 9.97. The van der Waals surface area contributed by atoms with E-state index in [4.69, 9.17) is 0 Å². The Labute approximate surface area is 151 Å². The van der Waals surface area contributed by atoms with Gasteiger partial charge in [-0.3, -0.25) is 0 Å². The maximum Gasteiger partial charge on any atom is 0.213 e. The van der Waals surface area contributed by atoms with Gasteiger partial charge < -0.3 is 9.90 Å². The standard InChI is InChI=1S/C21H12F3NO2/c1-25-16-5-3-2-4-13(16)18(21(26)27)14-10-11(6-9-17(14)25)12-7-8-15(22)20(24)19(12)23/h2-10H,1H3. The summed E-state index contributed by atoms with van der Waals surface area (Å²) in [6, 6.07) is 13.5. The van der Waals surface area contributed by atoms with Gasteiger partial charge in [0.1, 0.15) is 7.05 Å². The first-order chi connectivity index (χ1) is 12.9. The fourth-order valence-electron chi connectivity index (χ4n) is 3.42. The number of carboxylic acids is 1. The summed E-state index contributed by atoms with van der Waals surface area (Å²) in [5.74, 6) is -5.56. The highest BCUT2D eigenvalue weighted by Crippen LogP contribution is 2.31. The number of nitrogens with zero attached hydrogens (tertiary/aromatic N) is 1. The lowest BCUT2D eigenvalue weighted by Gasteiger charge is -2.12. The summed E-state index contributed by atoms with van der Waals surface area (Å²) in [7, 11) is 1.78. The molecule has 3 aromatic carbocycles. The van der Waals surface area contributed by atoms with Gasteiger partial charge in [0.25, 0.3) is 0 Å². The van der Waals surface area contributed by atoms with Crippen LogP contribution in [0.1, 0.15) is 10.4 Å². The van der Waals surface area contributed by atoms with E-state index in [2.05, 4.69) is 0 Å². The molecule has 27 heavy (non-hydrogen) atoms. The number of fused-ring (bicyclic) bond motifs is 2. The summed E-state index contributed by atoms with van der Waals surface area (Å²) in [6.07, 6.45) is 0. The average Bonchev–Trinajstić information content (AvgIpc) is 2.66. The average molecular weight is 367 g/mol. The van der Waals surface area contributed by atoms with Crippen molar-refractivity contribution >= 4 is 27.8 Å². The largest absolute Gasteiger partial charge is 0.545 e. The Morgan fingerprint density at radius 2 is 1.59 bits per heavy atom. The fraction of sp³-hybridized carbons (Fsp3) is 0.0476. The lowest BCUT2D eigenvalue weighted by Crippen LogP contribution is -2.33. The molecular weight excluding hydrogens is 355 g/mol. The minimum absolute atomic E-state index is 0.0384. The maximum atomic E-state index is 14.2. The minimum Gasteiger partial charge on any atom is -0.545 e. The highest BCUT2D eigenvalue weighted by atomic mass is 19.2. The van der Waals surface area contributed by atoms with Gasteiger partial charge in [0.05, 0.1) is 16.7 Å². The second-order valence-electron chi connectivity index (χ2n) is 6.19. The summed E-state index contributed by atoms with van der Waals surface area (Å²) in [5, 5.41) is 12.6. The number of rotatable bonds is 2. The zero-order chi connectivity index (χ0) is 19.3. The number of hydrogen-bond acceptors (Lipinski definition) is 2. The third-order valence-electron chi connectivity index (χ3n) is 4.71. The highest BCUT2D eigenvalue weighted by molar-refractivity contribution is 6.12. The molecule has 0 aliphatic rings. The van der Waals surface area contributed by atoms with Crippen LogP contribution in [0.25, 0.3) is 32.9 Å². The van der Waals surface area contributed by atoms with E-state index in [0.717, 1.165) is 12.1 Å². The molecule has 6 heteroatoms. The van der Waals surface area contributed by atoms with Crippen molar-refractivity contribution in [3.63, 3.8) is 0 Å². The Hall–Kier alpha value is -3.41. The van der Waals surface area contributed by atoms with E-state index in [0.29, 0.717) is 21.8 Å².